The molecule has 0 unspecified atom stereocenters. The van der Waals surface area contributed by atoms with Gasteiger partial charge in [-0.25, -0.2) is 0 Å². The lowest BCUT2D eigenvalue weighted by molar-refractivity contribution is 0.587. The van der Waals surface area contributed by atoms with Gasteiger partial charge in [0.05, 0.1) is 5.41 Å². The molecule has 0 atom stereocenters. The lowest BCUT2D eigenvalue weighted by atomic mass is 9.66. The van der Waals surface area contributed by atoms with E-state index in [9.17, 15) is 0 Å². The molecule has 312 valence electrons. The summed E-state index contributed by atoms with van der Waals surface area (Å²) in [5.74, 6) is 0. The molecule has 2 aliphatic rings. The molecule has 0 saturated heterocycles. The van der Waals surface area contributed by atoms with Crippen molar-refractivity contribution in [1.82, 2.24) is 0 Å². The van der Waals surface area contributed by atoms with Crippen LogP contribution in [0.3, 0.4) is 0 Å². The summed E-state index contributed by atoms with van der Waals surface area (Å²) >= 11 is 0. The monoisotopic (exact) mass is 825 g/mol. The molecular formula is C63H55N. The van der Waals surface area contributed by atoms with Crippen molar-refractivity contribution in [2.45, 2.75) is 57.8 Å². The maximum Gasteiger partial charge on any atom is 0.0731 e. The van der Waals surface area contributed by atoms with Gasteiger partial charge in [-0.3, -0.25) is 0 Å². The zero-order valence-electron chi connectivity index (χ0n) is 37.9. The molecule has 0 fully saturated rings. The smallest absolute Gasteiger partial charge is 0.0731 e. The van der Waals surface area contributed by atoms with Gasteiger partial charge in [0.1, 0.15) is 0 Å². The minimum atomic E-state index is -0.549. The largest absolute Gasteiger partial charge is 0.311 e. The van der Waals surface area contributed by atoms with E-state index in [-0.39, 0.29) is 10.8 Å². The predicted octanol–water partition coefficient (Wildman–Crippen LogP) is 17.1. The number of rotatable bonds is 8. The molecule has 1 nitrogen and oxygen atoms in total. The van der Waals surface area contributed by atoms with Crippen LogP contribution in [0.15, 0.2) is 219 Å². The second kappa shape index (κ2) is 15.8. The Labute approximate surface area is 380 Å². The summed E-state index contributed by atoms with van der Waals surface area (Å²) in [5.41, 5.74) is 21.8. The maximum atomic E-state index is 4.13. The summed E-state index contributed by atoms with van der Waals surface area (Å²) in [6.07, 6.45) is 6.29. The van der Waals surface area contributed by atoms with Gasteiger partial charge < -0.3 is 4.90 Å². The zero-order chi connectivity index (χ0) is 44.2. The fourth-order valence-electron chi connectivity index (χ4n) is 10.1. The van der Waals surface area contributed by atoms with Crippen molar-refractivity contribution in [3.8, 4) is 33.4 Å². The van der Waals surface area contributed by atoms with Gasteiger partial charge in [0.2, 0.25) is 0 Å². The van der Waals surface area contributed by atoms with Crippen molar-refractivity contribution in [3.63, 3.8) is 0 Å². The van der Waals surface area contributed by atoms with Crippen molar-refractivity contribution in [2.24, 2.45) is 0 Å². The lowest BCUT2D eigenvalue weighted by Crippen LogP contribution is -2.28. The van der Waals surface area contributed by atoms with Crippen LogP contribution in [0.2, 0.25) is 0 Å². The summed E-state index contributed by atoms with van der Waals surface area (Å²) in [7, 11) is 0. The Morgan fingerprint density at radius 1 is 0.406 bits per heavy atom. The summed E-state index contributed by atoms with van der Waals surface area (Å²) in [6.45, 7) is 18.1. The molecule has 0 aliphatic heterocycles. The van der Waals surface area contributed by atoms with Crippen molar-refractivity contribution in [1.29, 1.82) is 0 Å². The van der Waals surface area contributed by atoms with E-state index in [1.165, 1.54) is 83.5 Å². The molecule has 10 rings (SSSR count). The number of allylic oxidation sites excluding steroid dienone is 5. The Morgan fingerprint density at radius 2 is 0.812 bits per heavy atom. The molecule has 2 aliphatic carbocycles. The number of nitrogens with zero attached hydrogens (tertiary/aromatic N) is 1. The highest BCUT2D eigenvalue weighted by molar-refractivity contribution is 6.12. The Balaban J connectivity index is 1.18. The minimum Gasteiger partial charge on any atom is -0.311 e. The standard InChI is InChI=1S/C63H55N/c1-8-9-22-56-53-23-16-17-24-57(53)63(58-41-48(61(2,3)4)31-39-54(58)55-40-32-49(42-59(55)63)62(5,6)7)60(56)47-29-37-52(38-30-47)64(50-33-25-45(26-34-50)43-18-12-10-13-19-43)51-35-27-46(28-36-51)44-20-14-11-15-21-44/h8-42H,1H2,2-7H3/b22-9-. The van der Waals surface area contributed by atoms with Crippen molar-refractivity contribution in [2.75, 3.05) is 4.90 Å². The van der Waals surface area contributed by atoms with Crippen LogP contribution in [0.4, 0.5) is 17.1 Å². The van der Waals surface area contributed by atoms with E-state index >= 15 is 0 Å². The maximum absolute atomic E-state index is 4.13. The molecule has 0 bridgehead atoms. The normalized spacial score (nSPS) is 13.8. The van der Waals surface area contributed by atoms with E-state index in [1.54, 1.807) is 0 Å². The van der Waals surface area contributed by atoms with Gasteiger partial charge >= 0.3 is 0 Å². The third-order valence-electron chi connectivity index (χ3n) is 13.4. The van der Waals surface area contributed by atoms with Gasteiger partial charge in [-0.1, -0.05) is 224 Å². The van der Waals surface area contributed by atoms with Gasteiger partial charge in [-0.15, -0.1) is 0 Å². The molecule has 8 aromatic rings. The molecule has 0 N–H and O–H groups in total. The molecule has 64 heavy (non-hydrogen) atoms. The minimum absolute atomic E-state index is 0.0289. The van der Waals surface area contributed by atoms with Gasteiger partial charge in [0, 0.05) is 17.1 Å². The van der Waals surface area contributed by atoms with Crippen LogP contribution in [0, 0.1) is 0 Å². The number of anilines is 3. The Morgan fingerprint density at radius 3 is 1.25 bits per heavy atom. The van der Waals surface area contributed by atoms with Crippen LogP contribution < -0.4 is 4.90 Å². The van der Waals surface area contributed by atoms with Crippen LogP contribution >= 0.6 is 0 Å². The molecule has 0 aromatic heterocycles. The second-order valence-corrected chi connectivity index (χ2v) is 19.4. The summed E-state index contributed by atoms with van der Waals surface area (Å²) in [4.78, 5) is 2.38. The van der Waals surface area contributed by atoms with Gasteiger partial charge in [0.25, 0.3) is 0 Å². The van der Waals surface area contributed by atoms with E-state index in [0.717, 1.165) is 17.1 Å². The van der Waals surface area contributed by atoms with E-state index in [0.29, 0.717) is 0 Å². The van der Waals surface area contributed by atoms with Crippen LogP contribution in [-0.2, 0) is 16.2 Å². The molecule has 1 spiro atoms. The Kier molecular flexibility index (Phi) is 10.1. The van der Waals surface area contributed by atoms with Crippen LogP contribution in [0.5, 0.6) is 0 Å². The third-order valence-corrected chi connectivity index (χ3v) is 13.4. The van der Waals surface area contributed by atoms with Crippen LogP contribution in [0.25, 0.3) is 44.5 Å². The quantitative estimate of drug-likeness (QED) is 0.138. The number of hydrogen-bond acceptors (Lipinski definition) is 1. The fourth-order valence-corrected chi connectivity index (χ4v) is 10.1. The fraction of sp³-hybridized carbons (Fsp3) is 0.143. The topological polar surface area (TPSA) is 3.24 Å². The lowest BCUT2D eigenvalue weighted by Gasteiger charge is -2.35. The number of fused-ring (bicyclic) bond motifs is 7. The molecular weight excluding hydrogens is 771 g/mol. The summed E-state index contributed by atoms with van der Waals surface area (Å²) < 4.78 is 0. The van der Waals surface area contributed by atoms with Crippen molar-refractivity contribution in [3.05, 3.63) is 258 Å². The molecule has 0 amide bonds. The third kappa shape index (κ3) is 6.88. The molecule has 0 radical (unpaired) electrons. The van der Waals surface area contributed by atoms with Gasteiger partial charge in [-0.05, 0) is 131 Å². The van der Waals surface area contributed by atoms with E-state index < -0.39 is 5.41 Å². The molecule has 1 heteroatoms. The van der Waals surface area contributed by atoms with Crippen molar-refractivity contribution < 1.29 is 0 Å². The Bertz CT molecular complexity index is 2930. The predicted molar refractivity (Wildman–Crippen MR) is 274 cm³/mol. The molecule has 0 heterocycles. The SMILES string of the molecule is C=C/C=C\C1=C(c2ccc(N(c3ccc(-c4ccccc4)cc3)c3ccc(-c4ccccc4)cc3)cc2)C2(c3ccccc31)c1cc(C(C)(C)C)ccc1-c1ccc(C(C)(C)C)cc12. The first-order valence-corrected chi connectivity index (χ1v) is 22.6. The second-order valence-electron chi connectivity index (χ2n) is 19.4. The zero-order valence-corrected chi connectivity index (χ0v) is 37.9. The first-order chi connectivity index (χ1) is 31.0. The first kappa shape index (κ1) is 40.8. The highest BCUT2D eigenvalue weighted by Gasteiger charge is 2.53. The summed E-state index contributed by atoms with van der Waals surface area (Å²) in [6, 6.07) is 72.2. The summed E-state index contributed by atoms with van der Waals surface area (Å²) in [5, 5.41) is 0. The number of benzene rings is 8. The average Bonchev–Trinajstić information content (AvgIpc) is 3.78. The van der Waals surface area contributed by atoms with Crippen molar-refractivity contribution >= 4 is 28.2 Å². The average molecular weight is 826 g/mol. The number of hydrogen-bond donors (Lipinski definition) is 0. The van der Waals surface area contributed by atoms with E-state index in [4.69, 9.17) is 0 Å². The van der Waals surface area contributed by atoms with Gasteiger partial charge in [-0.2, -0.15) is 0 Å². The Hall–Kier alpha value is -7.22. The van der Waals surface area contributed by atoms with Crippen LogP contribution in [0.1, 0.15) is 80.5 Å². The first-order valence-electron chi connectivity index (χ1n) is 22.6. The van der Waals surface area contributed by atoms with E-state index in [2.05, 4.69) is 259 Å². The van der Waals surface area contributed by atoms with Crippen LogP contribution in [-0.4, -0.2) is 0 Å². The highest BCUT2D eigenvalue weighted by atomic mass is 15.1. The van der Waals surface area contributed by atoms with Gasteiger partial charge in [0.15, 0.2) is 0 Å². The molecule has 8 aromatic carbocycles. The molecule has 0 saturated carbocycles. The van der Waals surface area contributed by atoms with E-state index in [1.807, 2.05) is 6.08 Å². The highest BCUT2D eigenvalue weighted by Crippen LogP contribution is 2.65.